The summed E-state index contributed by atoms with van der Waals surface area (Å²) in [5, 5.41) is 4.68. The van der Waals surface area contributed by atoms with Crippen molar-refractivity contribution in [2.45, 2.75) is 13.8 Å². The van der Waals surface area contributed by atoms with Gasteiger partial charge in [0.05, 0.1) is 24.6 Å². The highest BCUT2D eigenvalue weighted by atomic mass is 16.5. The average molecular weight is 297 g/mol. The molecule has 0 saturated carbocycles. The maximum Gasteiger partial charge on any atom is 0.222 e. The summed E-state index contributed by atoms with van der Waals surface area (Å²) in [4.78, 5) is 10.8. The Hall–Kier alpha value is -2.63. The van der Waals surface area contributed by atoms with Crippen LogP contribution in [0, 0.1) is 6.92 Å². The smallest absolute Gasteiger partial charge is 0.222 e. The summed E-state index contributed by atoms with van der Waals surface area (Å²) < 4.78 is 7.22. The van der Waals surface area contributed by atoms with E-state index in [9.17, 15) is 0 Å². The van der Waals surface area contributed by atoms with E-state index in [4.69, 9.17) is 4.74 Å². The van der Waals surface area contributed by atoms with Crippen LogP contribution in [0.15, 0.2) is 30.6 Å². The Balaban J connectivity index is 2.21. The number of aromatic nitrogens is 4. The van der Waals surface area contributed by atoms with Gasteiger partial charge in [-0.2, -0.15) is 0 Å². The van der Waals surface area contributed by atoms with Crippen LogP contribution < -0.4 is 9.64 Å². The molecule has 114 valence electrons. The predicted octanol–water partition coefficient (Wildman–Crippen LogP) is 2.56. The fraction of sp³-hybridized carbons (Fsp3) is 0.312. The lowest BCUT2D eigenvalue weighted by atomic mass is 10.1. The van der Waals surface area contributed by atoms with Crippen molar-refractivity contribution in [1.29, 1.82) is 0 Å². The van der Waals surface area contributed by atoms with Gasteiger partial charge in [0.1, 0.15) is 5.82 Å². The molecule has 0 atom stereocenters. The highest BCUT2D eigenvalue weighted by Crippen LogP contribution is 2.29. The number of fused-ring (bicyclic) bond motifs is 1. The number of ether oxygens (including phenoxy) is 1. The molecule has 0 unspecified atom stereocenters. The molecule has 0 amide bonds. The number of pyridine rings is 1. The fourth-order valence-corrected chi connectivity index (χ4v) is 2.32. The van der Waals surface area contributed by atoms with Crippen LogP contribution in [0.25, 0.3) is 16.9 Å². The highest BCUT2D eigenvalue weighted by molar-refractivity contribution is 5.68. The third-order valence-corrected chi connectivity index (χ3v) is 3.67. The number of imidazole rings is 1. The van der Waals surface area contributed by atoms with Crippen molar-refractivity contribution >= 4 is 11.5 Å². The molecule has 3 aromatic heterocycles. The third kappa shape index (κ3) is 2.36. The van der Waals surface area contributed by atoms with E-state index in [2.05, 4.69) is 26.9 Å². The SMILES string of the molecule is CCN(C)c1ccc2ncc(-c3cc(C)cnc3OC)n2n1. The second-order valence-electron chi connectivity index (χ2n) is 5.19. The molecular formula is C16H19N5O. The van der Waals surface area contributed by atoms with Gasteiger partial charge in [-0.1, -0.05) is 0 Å². The lowest BCUT2D eigenvalue weighted by Crippen LogP contribution is -2.18. The average Bonchev–Trinajstić information content (AvgIpc) is 2.96. The first-order valence-electron chi connectivity index (χ1n) is 7.21. The Labute approximate surface area is 129 Å². The highest BCUT2D eigenvalue weighted by Gasteiger charge is 2.14. The third-order valence-electron chi connectivity index (χ3n) is 3.67. The molecule has 0 fully saturated rings. The largest absolute Gasteiger partial charge is 0.481 e. The van der Waals surface area contributed by atoms with Crippen LogP contribution in [0.3, 0.4) is 0 Å². The summed E-state index contributed by atoms with van der Waals surface area (Å²) in [6.45, 7) is 4.98. The van der Waals surface area contributed by atoms with E-state index in [0.717, 1.165) is 34.8 Å². The maximum absolute atomic E-state index is 5.38. The molecule has 6 nitrogen and oxygen atoms in total. The molecular weight excluding hydrogens is 278 g/mol. The Morgan fingerprint density at radius 3 is 2.77 bits per heavy atom. The summed E-state index contributed by atoms with van der Waals surface area (Å²) in [5.41, 5.74) is 3.62. The lowest BCUT2D eigenvalue weighted by molar-refractivity contribution is 0.399. The molecule has 6 heteroatoms. The van der Waals surface area contributed by atoms with Crippen LogP contribution in [0.5, 0.6) is 5.88 Å². The number of anilines is 1. The van der Waals surface area contributed by atoms with Gasteiger partial charge >= 0.3 is 0 Å². The van der Waals surface area contributed by atoms with E-state index < -0.39 is 0 Å². The molecule has 0 bridgehead atoms. The molecule has 3 rings (SSSR count). The molecule has 0 saturated heterocycles. The van der Waals surface area contributed by atoms with Gasteiger partial charge in [0, 0.05) is 19.8 Å². The van der Waals surface area contributed by atoms with Crippen molar-refractivity contribution in [3.63, 3.8) is 0 Å². The second kappa shape index (κ2) is 5.63. The minimum atomic E-state index is 0.573. The number of nitrogens with zero attached hydrogens (tertiary/aromatic N) is 5. The van der Waals surface area contributed by atoms with Crippen LogP contribution in [-0.4, -0.2) is 40.3 Å². The van der Waals surface area contributed by atoms with Crippen LogP contribution in [0.2, 0.25) is 0 Å². The van der Waals surface area contributed by atoms with Crippen LogP contribution in [-0.2, 0) is 0 Å². The minimum absolute atomic E-state index is 0.573. The number of methoxy groups -OCH3 is 1. The number of aryl methyl sites for hydroxylation is 1. The van der Waals surface area contributed by atoms with E-state index in [0.29, 0.717) is 5.88 Å². The molecule has 0 aliphatic rings. The van der Waals surface area contributed by atoms with Crippen molar-refractivity contribution in [3.8, 4) is 17.1 Å². The first-order valence-corrected chi connectivity index (χ1v) is 7.21. The van der Waals surface area contributed by atoms with Gasteiger partial charge < -0.3 is 9.64 Å². The summed E-state index contributed by atoms with van der Waals surface area (Å²) >= 11 is 0. The van der Waals surface area contributed by atoms with E-state index in [1.54, 1.807) is 19.5 Å². The topological polar surface area (TPSA) is 55.5 Å². The molecule has 0 spiro atoms. The molecule has 3 heterocycles. The van der Waals surface area contributed by atoms with Gasteiger partial charge in [-0.15, -0.1) is 5.10 Å². The monoisotopic (exact) mass is 297 g/mol. The van der Waals surface area contributed by atoms with Crippen molar-refractivity contribution < 1.29 is 4.74 Å². The Kier molecular flexibility index (Phi) is 3.66. The fourth-order valence-electron chi connectivity index (χ4n) is 2.32. The quantitative estimate of drug-likeness (QED) is 0.741. The molecule has 22 heavy (non-hydrogen) atoms. The molecule has 0 radical (unpaired) electrons. The summed E-state index contributed by atoms with van der Waals surface area (Å²) in [5.74, 6) is 1.47. The second-order valence-corrected chi connectivity index (χ2v) is 5.19. The van der Waals surface area contributed by atoms with Crippen molar-refractivity contribution in [2.24, 2.45) is 0 Å². The van der Waals surface area contributed by atoms with Crippen LogP contribution in [0.4, 0.5) is 5.82 Å². The Bertz CT molecular complexity index is 811. The summed E-state index contributed by atoms with van der Waals surface area (Å²) in [7, 11) is 3.63. The number of hydrogen-bond donors (Lipinski definition) is 0. The maximum atomic E-state index is 5.38. The standard InChI is InChI=1S/C16H19N5O/c1-5-20(3)15-7-6-14-17-10-13(21(14)19-15)12-8-11(2)9-18-16(12)22-4/h6-10H,5H2,1-4H3. The van der Waals surface area contributed by atoms with Gasteiger partial charge in [0.2, 0.25) is 5.88 Å². The van der Waals surface area contributed by atoms with Crippen molar-refractivity contribution in [2.75, 3.05) is 25.6 Å². The van der Waals surface area contributed by atoms with Gasteiger partial charge in [0.15, 0.2) is 5.65 Å². The van der Waals surface area contributed by atoms with E-state index in [1.807, 2.05) is 36.7 Å². The predicted molar refractivity (Wildman–Crippen MR) is 86.5 cm³/mol. The van der Waals surface area contributed by atoms with E-state index in [1.165, 1.54) is 0 Å². The zero-order valence-electron chi connectivity index (χ0n) is 13.2. The summed E-state index contributed by atoms with van der Waals surface area (Å²) in [6.07, 6.45) is 3.59. The zero-order valence-corrected chi connectivity index (χ0v) is 13.2. The van der Waals surface area contributed by atoms with Gasteiger partial charge in [-0.3, -0.25) is 0 Å². The Morgan fingerprint density at radius 1 is 1.23 bits per heavy atom. The molecule has 0 aromatic carbocycles. The van der Waals surface area contributed by atoms with Crippen LogP contribution in [0.1, 0.15) is 12.5 Å². The Morgan fingerprint density at radius 2 is 2.05 bits per heavy atom. The lowest BCUT2D eigenvalue weighted by Gasteiger charge is -2.15. The molecule has 3 aromatic rings. The molecule has 0 aliphatic heterocycles. The zero-order chi connectivity index (χ0) is 15.7. The van der Waals surface area contributed by atoms with Crippen LogP contribution >= 0.6 is 0 Å². The molecule has 0 aliphatic carbocycles. The first-order chi connectivity index (χ1) is 10.6. The van der Waals surface area contributed by atoms with E-state index in [-0.39, 0.29) is 0 Å². The van der Waals surface area contributed by atoms with Crippen molar-refractivity contribution in [3.05, 3.63) is 36.2 Å². The number of hydrogen-bond acceptors (Lipinski definition) is 5. The molecule has 0 N–H and O–H groups in total. The van der Waals surface area contributed by atoms with Gasteiger partial charge in [0.25, 0.3) is 0 Å². The number of rotatable bonds is 4. The van der Waals surface area contributed by atoms with Gasteiger partial charge in [-0.25, -0.2) is 14.5 Å². The van der Waals surface area contributed by atoms with E-state index >= 15 is 0 Å². The van der Waals surface area contributed by atoms with Crippen molar-refractivity contribution in [1.82, 2.24) is 19.6 Å². The summed E-state index contributed by atoms with van der Waals surface area (Å²) in [6, 6.07) is 5.97. The van der Waals surface area contributed by atoms with Gasteiger partial charge in [-0.05, 0) is 37.6 Å². The normalized spacial score (nSPS) is 10.9. The first kappa shape index (κ1) is 14.3. The minimum Gasteiger partial charge on any atom is -0.481 e.